The standard InChI is InChI=1S/C14H19Br2NO2/c1-4-5-6-12(14(18)19-3)17-13-10(15)7-9(2)8-11(13)16/h7-8,12,17H,4-6H2,1-3H3. The molecule has 1 atom stereocenters. The lowest BCUT2D eigenvalue weighted by molar-refractivity contribution is -0.141. The Morgan fingerprint density at radius 2 is 1.95 bits per heavy atom. The Labute approximate surface area is 131 Å². The molecule has 0 radical (unpaired) electrons. The van der Waals surface area contributed by atoms with Gasteiger partial charge in [0, 0.05) is 8.95 Å². The van der Waals surface area contributed by atoms with Gasteiger partial charge in [-0.15, -0.1) is 0 Å². The summed E-state index contributed by atoms with van der Waals surface area (Å²) in [6.45, 7) is 4.13. The van der Waals surface area contributed by atoms with E-state index in [1.807, 2.05) is 19.1 Å². The Balaban J connectivity index is 2.92. The highest BCUT2D eigenvalue weighted by Gasteiger charge is 2.20. The first kappa shape index (κ1) is 16.5. The second kappa shape index (κ2) is 7.90. The predicted octanol–water partition coefficient (Wildman–Crippen LogP) is 4.66. The number of ether oxygens (including phenoxy) is 1. The van der Waals surface area contributed by atoms with Gasteiger partial charge in [-0.25, -0.2) is 4.79 Å². The van der Waals surface area contributed by atoms with Gasteiger partial charge in [0.15, 0.2) is 0 Å². The second-order valence-corrected chi connectivity index (χ2v) is 6.17. The molecule has 0 saturated heterocycles. The summed E-state index contributed by atoms with van der Waals surface area (Å²) in [5.74, 6) is -0.229. The lowest BCUT2D eigenvalue weighted by Crippen LogP contribution is -2.31. The molecule has 0 heterocycles. The third-order valence-electron chi connectivity index (χ3n) is 2.84. The summed E-state index contributed by atoms with van der Waals surface area (Å²) in [6, 6.07) is 3.71. The number of hydrogen-bond donors (Lipinski definition) is 1. The summed E-state index contributed by atoms with van der Waals surface area (Å²) >= 11 is 7.04. The third kappa shape index (κ3) is 4.80. The van der Waals surface area contributed by atoms with Crippen LogP contribution in [0.2, 0.25) is 0 Å². The van der Waals surface area contributed by atoms with E-state index < -0.39 is 0 Å². The molecule has 106 valence electrons. The minimum atomic E-state index is -0.319. The minimum absolute atomic E-state index is 0.229. The quantitative estimate of drug-likeness (QED) is 0.715. The number of unbranched alkanes of at least 4 members (excludes halogenated alkanes) is 1. The summed E-state index contributed by atoms with van der Waals surface area (Å²) in [5, 5.41) is 3.26. The van der Waals surface area contributed by atoms with Gasteiger partial charge in [-0.05, 0) is 62.9 Å². The van der Waals surface area contributed by atoms with E-state index in [1.54, 1.807) is 0 Å². The molecule has 1 N–H and O–H groups in total. The van der Waals surface area contributed by atoms with Crippen LogP contribution in [-0.4, -0.2) is 19.1 Å². The van der Waals surface area contributed by atoms with Crippen molar-refractivity contribution in [3.63, 3.8) is 0 Å². The van der Waals surface area contributed by atoms with Crippen LogP contribution in [0, 0.1) is 6.92 Å². The molecule has 0 saturated carbocycles. The lowest BCUT2D eigenvalue weighted by Gasteiger charge is -2.19. The number of esters is 1. The van der Waals surface area contributed by atoms with Gasteiger partial charge in [0.05, 0.1) is 12.8 Å². The Kier molecular flexibility index (Phi) is 6.86. The summed E-state index contributed by atoms with van der Waals surface area (Å²) < 4.78 is 6.72. The van der Waals surface area contributed by atoms with Crippen molar-refractivity contribution in [2.45, 2.75) is 39.2 Å². The van der Waals surface area contributed by atoms with Crippen LogP contribution in [0.1, 0.15) is 31.7 Å². The fraction of sp³-hybridized carbons (Fsp3) is 0.500. The van der Waals surface area contributed by atoms with Crippen LogP contribution in [0.5, 0.6) is 0 Å². The average Bonchev–Trinajstić information content (AvgIpc) is 2.36. The maximum atomic E-state index is 11.8. The molecule has 0 aliphatic carbocycles. The Bertz CT molecular complexity index is 426. The maximum absolute atomic E-state index is 11.8. The highest BCUT2D eigenvalue weighted by molar-refractivity contribution is 9.11. The molecule has 0 amide bonds. The van der Waals surface area contributed by atoms with Gasteiger partial charge in [0.1, 0.15) is 6.04 Å². The molecular weight excluding hydrogens is 374 g/mol. The molecule has 5 heteroatoms. The van der Waals surface area contributed by atoms with Gasteiger partial charge in [0.2, 0.25) is 0 Å². The van der Waals surface area contributed by atoms with Crippen molar-refractivity contribution in [2.75, 3.05) is 12.4 Å². The Hall–Kier alpha value is -0.550. The fourth-order valence-electron chi connectivity index (χ4n) is 1.81. The molecule has 0 aliphatic rings. The van der Waals surface area contributed by atoms with E-state index in [0.717, 1.165) is 39.5 Å². The molecule has 0 aliphatic heterocycles. The molecule has 1 aromatic carbocycles. The van der Waals surface area contributed by atoms with Gasteiger partial charge in [-0.2, -0.15) is 0 Å². The number of carbonyl (C=O) groups is 1. The molecular formula is C14H19Br2NO2. The van der Waals surface area contributed by atoms with Crippen molar-refractivity contribution in [1.29, 1.82) is 0 Å². The number of nitrogens with one attached hydrogen (secondary N) is 1. The fourth-order valence-corrected chi connectivity index (χ4v) is 3.46. The van der Waals surface area contributed by atoms with Crippen LogP contribution in [0.15, 0.2) is 21.1 Å². The topological polar surface area (TPSA) is 38.3 Å². The predicted molar refractivity (Wildman–Crippen MR) is 85.5 cm³/mol. The van der Waals surface area contributed by atoms with Crippen LogP contribution < -0.4 is 5.32 Å². The van der Waals surface area contributed by atoms with Crippen molar-refractivity contribution in [3.05, 3.63) is 26.6 Å². The zero-order valence-corrected chi connectivity index (χ0v) is 14.6. The van der Waals surface area contributed by atoms with Crippen LogP contribution in [0.3, 0.4) is 0 Å². The summed E-state index contributed by atoms with van der Waals surface area (Å²) in [7, 11) is 1.42. The van der Waals surface area contributed by atoms with Crippen molar-refractivity contribution >= 4 is 43.5 Å². The first-order chi connectivity index (χ1) is 8.99. The number of carbonyl (C=O) groups excluding carboxylic acids is 1. The largest absolute Gasteiger partial charge is 0.467 e. The van der Waals surface area contributed by atoms with Crippen molar-refractivity contribution in [1.82, 2.24) is 0 Å². The van der Waals surface area contributed by atoms with Crippen LogP contribution in [0.4, 0.5) is 5.69 Å². The summed E-state index contributed by atoms with van der Waals surface area (Å²) in [4.78, 5) is 11.8. The Morgan fingerprint density at radius 1 is 1.37 bits per heavy atom. The van der Waals surface area contributed by atoms with Crippen LogP contribution in [-0.2, 0) is 9.53 Å². The number of hydrogen-bond acceptors (Lipinski definition) is 3. The van der Waals surface area contributed by atoms with E-state index in [-0.39, 0.29) is 12.0 Å². The number of aryl methyl sites for hydroxylation is 1. The van der Waals surface area contributed by atoms with Gasteiger partial charge < -0.3 is 10.1 Å². The first-order valence-corrected chi connectivity index (χ1v) is 7.88. The van der Waals surface area contributed by atoms with Crippen LogP contribution in [0.25, 0.3) is 0 Å². The number of anilines is 1. The molecule has 0 bridgehead atoms. The first-order valence-electron chi connectivity index (χ1n) is 6.29. The smallest absolute Gasteiger partial charge is 0.328 e. The molecule has 1 aromatic rings. The number of methoxy groups -OCH3 is 1. The normalized spacial score (nSPS) is 12.1. The van der Waals surface area contributed by atoms with Gasteiger partial charge in [0.25, 0.3) is 0 Å². The summed E-state index contributed by atoms with van der Waals surface area (Å²) in [5.41, 5.74) is 2.03. The van der Waals surface area contributed by atoms with Gasteiger partial charge in [-0.1, -0.05) is 19.8 Å². The molecule has 0 fully saturated rings. The monoisotopic (exact) mass is 391 g/mol. The highest BCUT2D eigenvalue weighted by Crippen LogP contribution is 2.33. The van der Waals surface area contributed by atoms with Crippen molar-refractivity contribution in [2.24, 2.45) is 0 Å². The third-order valence-corrected chi connectivity index (χ3v) is 4.09. The van der Waals surface area contributed by atoms with E-state index in [2.05, 4.69) is 44.1 Å². The minimum Gasteiger partial charge on any atom is -0.467 e. The second-order valence-electron chi connectivity index (χ2n) is 4.47. The number of benzene rings is 1. The van der Waals surface area contributed by atoms with E-state index in [4.69, 9.17) is 4.74 Å². The zero-order chi connectivity index (χ0) is 14.4. The zero-order valence-electron chi connectivity index (χ0n) is 11.4. The molecule has 0 aromatic heterocycles. The highest BCUT2D eigenvalue weighted by atomic mass is 79.9. The van der Waals surface area contributed by atoms with E-state index in [9.17, 15) is 4.79 Å². The van der Waals surface area contributed by atoms with E-state index in [1.165, 1.54) is 7.11 Å². The summed E-state index contributed by atoms with van der Waals surface area (Å²) in [6.07, 6.45) is 2.79. The molecule has 19 heavy (non-hydrogen) atoms. The number of halogens is 2. The van der Waals surface area contributed by atoms with Crippen molar-refractivity contribution in [3.8, 4) is 0 Å². The van der Waals surface area contributed by atoms with Crippen LogP contribution >= 0.6 is 31.9 Å². The van der Waals surface area contributed by atoms with E-state index >= 15 is 0 Å². The lowest BCUT2D eigenvalue weighted by atomic mass is 10.1. The van der Waals surface area contributed by atoms with Crippen molar-refractivity contribution < 1.29 is 9.53 Å². The molecule has 1 rings (SSSR count). The van der Waals surface area contributed by atoms with Gasteiger partial charge in [-0.3, -0.25) is 0 Å². The Morgan fingerprint density at radius 3 is 2.42 bits per heavy atom. The van der Waals surface area contributed by atoms with Gasteiger partial charge >= 0.3 is 5.97 Å². The SMILES string of the molecule is CCCCC(Nc1c(Br)cc(C)cc1Br)C(=O)OC. The molecule has 1 unspecified atom stereocenters. The number of rotatable bonds is 6. The molecule has 0 spiro atoms. The molecule has 3 nitrogen and oxygen atoms in total. The van der Waals surface area contributed by atoms with E-state index in [0.29, 0.717) is 0 Å². The average molecular weight is 393 g/mol. The maximum Gasteiger partial charge on any atom is 0.328 e.